The summed E-state index contributed by atoms with van der Waals surface area (Å²) in [7, 11) is 0. The maximum absolute atomic E-state index is 12.0. The first-order chi connectivity index (χ1) is 10.3. The minimum Gasteiger partial charge on any atom is -0.465 e. The number of esters is 1. The van der Waals surface area contributed by atoms with Crippen LogP contribution in [0, 0.1) is 0 Å². The van der Waals surface area contributed by atoms with E-state index in [1.54, 1.807) is 6.33 Å². The molecule has 1 aromatic rings. The Morgan fingerprint density at radius 3 is 3.14 bits per heavy atom. The molecule has 0 bridgehead atoms. The van der Waals surface area contributed by atoms with Gasteiger partial charge < -0.3 is 14.6 Å². The Balaban J connectivity index is 1.50. The first-order valence-electron chi connectivity index (χ1n) is 7.78. The van der Waals surface area contributed by atoms with Gasteiger partial charge in [0.15, 0.2) is 0 Å². The Morgan fingerprint density at radius 2 is 2.38 bits per heavy atom. The molecule has 0 radical (unpaired) electrons. The fourth-order valence-electron chi connectivity index (χ4n) is 2.67. The summed E-state index contributed by atoms with van der Waals surface area (Å²) in [6.07, 6.45) is 4.90. The molecule has 2 heterocycles. The molecule has 0 aromatic carbocycles. The van der Waals surface area contributed by atoms with Crippen LogP contribution in [-0.2, 0) is 22.6 Å². The molecule has 21 heavy (non-hydrogen) atoms. The zero-order chi connectivity index (χ0) is 14.7. The first-order valence-corrected chi connectivity index (χ1v) is 7.78. The standard InChI is InChI=1S/C14H23N5O2/c1-2-21-14(20)12(16-11-3-4-11)5-6-18-7-8-19-10-15-17-13(19)9-18/h10-12,16H,2-9H2,1H3. The van der Waals surface area contributed by atoms with Crippen molar-refractivity contribution in [2.45, 2.75) is 51.4 Å². The molecule has 1 fully saturated rings. The third-order valence-corrected chi connectivity index (χ3v) is 4.04. The molecule has 1 aliphatic carbocycles. The predicted octanol–water partition coefficient (Wildman–Crippen LogP) is 0.168. The lowest BCUT2D eigenvalue weighted by Gasteiger charge is -2.28. The zero-order valence-corrected chi connectivity index (χ0v) is 12.5. The smallest absolute Gasteiger partial charge is 0.323 e. The number of aromatic nitrogens is 3. The Labute approximate surface area is 124 Å². The number of ether oxygens (including phenoxy) is 1. The van der Waals surface area contributed by atoms with E-state index in [9.17, 15) is 4.79 Å². The zero-order valence-electron chi connectivity index (χ0n) is 12.5. The van der Waals surface area contributed by atoms with Gasteiger partial charge in [0.2, 0.25) is 0 Å². The van der Waals surface area contributed by atoms with E-state index in [-0.39, 0.29) is 12.0 Å². The van der Waals surface area contributed by atoms with E-state index >= 15 is 0 Å². The quantitative estimate of drug-likeness (QED) is 0.723. The fourth-order valence-corrected chi connectivity index (χ4v) is 2.67. The monoisotopic (exact) mass is 293 g/mol. The molecular formula is C14H23N5O2. The van der Waals surface area contributed by atoms with E-state index in [0.717, 1.165) is 38.4 Å². The highest BCUT2D eigenvalue weighted by atomic mass is 16.5. The van der Waals surface area contributed by atoms with Crippen LogP contribution in [0.15, 0.2) is 6.33 Å². The maximum Gasteiger partial charge on any atom is 0.323 e. The molecule has 116 valence electrons. The van der Waals surface area contributed by atoms with E-state index in [4.69, 9.17) is 4.74 Å². The van der Waals surface area contributed by atoms with Crippen LogP contribution in [-0.4, -0.2) is 57.4 Å². The van der Waals surface area contributed by atoms with Crippen molar-refractivity contribution in [2.75, 3.05) is 19.7 Å². The number of carbonyl (C=O) groups excluding carboxylic acids is 1. The van der Waals surface area contributed by atoms with Crippen LogP contribution in [0.4, 0.5) is 0 Å². The van der Waals surface area contributed by atoms with Crippen LogP contribution in [0.3, 0.4) is 0 Å². The molecule has 0 saturated heterocycles. The summed E-state index contributed by atoms with van der Waals surface area (Å²) in [5, 5.41) is 11.4. The van der Waals surface area contributed by atoms with Crippen molar-refractivity contribution in [3.8, 4) is 0 Å². The van der Waals surface area contributed by atoms with E-state index in [1.807, 2.05) is 6.92 Å². The molecule has 1 aromatic heterocycles. The average Bonchev–Trinajstić information content (AvgIpc) is 3.18. The Kier molecular flexibility index (Phi) is 4.50. The second-order valence-corrected chi connectivity index (χ2v) is 5.75. The Bertz CT molecular complexity index is 485. The van der Waals surface area contributed by atoms with Gasteiger partial charge in [-0.3, -0.25) is 9.69 Å². The Hall–Kier alpha value is -1.47. The lowest BCUT2D eigenvalue weighted by atomic mass is 10.2. The Morgan fingerprint density at radius 1 is 1.52 bits per heavy atom. The van der Waals surface area contributed by atoms with Gasteiger partial charge in [-0.1, -0.05) is 0 Å². The highest BCUT2D eigenvalue weighted by Crippen LogP contribution is 2.20. The molecule has 7 nitrogen and oxygen atoms in total. The highest BCUT2D eigenvalue weighted by Gasteiger charge is 2.29. The number of nitrogens with one attached hydrogen (secondary N) is 1. The molecule has 1 unspecified atom stereocenters. The normalized spacial score (nSPS) is 20.0. The molecule has 3 rings (SSSR count). The van der Waals surface area contributed by atoms with Crippen molar-refractivity contribution < 1.29 is 9.53 Å². The third kappa shape index (κ3) is 3.79. The summed E-state index contributed by atoms with van der Waals surface area (Å²) < 4.78 is 7.26. The molecular weight excluding hydrogens is 270 g/mol. The molecule has 1 aliphatic heterocycles. The molecule has 7 heteroatoms. The van der Waals surface area contributed by atoms with Crippen LogP contribution >= 0.6 is 0 Å². The second-order valence-electron chi connectivity index (χ2n) is 5.75. The number of nitrogens with zero attached hydrogens (tertiary/aromatic N) is 4. The topological polar surface area (TPSA) is 72.3 Å². The van der Waals surface area contributed by atoms with Gasteiger partial charge in [-0.25, -0.2) is 0 Å². The van der Waals surface area contributed by atoms with Gasteiger partial charge in [0.05, 0.1) is 13.2 Å². The number of carbonyl (C=O) groups is 1. The number of hydrogen-bond donors (Lipinski definition) is 1. The van der Waals surface area contributed by atoms with E-state index in [0.29, 0.717) is 12.6 Å². The second kappa shape index (κ2) is 6.53. The van der Waals surface area contributed by atoms with Crippen LogP contribution in [0.1, 0.15) is 32.0 Å². The summed E-state index contributed by atoms with van der Waals surface area (Å²) in [6.45, 7) is 5.86. The maximum atomic E-state index is 12.0. The van der Waals surface area contributed by atoms with Gasteiger partial charge >= 0.3 is 5.97 Å². The summed E-state index contributed by atoms with van der Waals surface area (Å²) >= 11 is 0. The lowest BCUT2D eigenvalue weighted by Crippen LogP contribution is -2.43. The van der Waals surface area contributed by atoms with Gasteiger partial charge in [0.25, 0.3) is 0 Å². The molecule has 1 atom stereocenters. The minimum absolute atomic E-state index is 0.121. The van der Waals surface area contributed by atoms with Crippen LogP contribution in [0.2, 0.25) is 0 Å². The summed E-state index contributed by atoms with van der Waals surface area (Å²) in [4.78, 5) is 14.3. The van der Waals surface area contributed by atoms with Crippen LogP contribution < -0.4 is 5.32 Å². The van der Waals surface area contributed by atoms with Gasteiger partial charge in [0, 0.05) is 25.7 Å². The SMILES string of the molecule is CCOC(=O)C(CCN1CCn2cnnc2C1)NC1CC1. The van der Waals surface area contributed by atoms with Crippen molar-refractivity contribution in [3.05, 3.63) is 12.2 Å². The van der Waals surface area contributed by atoms with Crippen molar-refractivity contribution in [3.63, 3.8) is 0 Å². The average molecular weight is 293 g/mol. The van der Waals surface area contributed by atoms with E-state index in [2.05, 4.69) is 25.0 Å². The molecule has 1 saturated carbocycles. The largest absolute Gasteiger partial charge is 0.465 e. The van der Waals surface area contributed by atoms with Crippen molar-refractivity contribution in [2.24, 2.45) is 0 Å². The number of hydrogen-bond acceptors (Lipinski definition) is 6. The van der Waals surface area contributed by atoms with E-state index in [1.165, 1.54) is 12.8 Å². The first kappa shape index (κ1) is 14.5. The van der Waals surface area contributed by atoms with Gasteiger partial charge in [-0.15, -0.1) is 10.2 Å². The lowest BCUT2D eigenvalue weighted by molar-refractivity contribution is -0.146. The van der Waals surface area contributed by atoms with Gasteiger partial charge in [-0.2, -0.15) is 0 Å². The highest BCUT2D eigenvalue weighted by molar-refractivity contribution is 5.75. The van der Waals surface area contributed by atoms with Gasteiger partial charge in [-0.05, 0) is 26.2 Å². The third-order valence-electron chi connectivity index (χ3n) is 4.04. The number of rotatable bonds is 7. The van der Waals surface area contributed by atoms with E-state index < -0.39 is 0 Å². The molecule has 2 aliphatic rings. The summed E-state index contributed by atoms with van der Waals surface area (Å²) in [5.74, 6) is 0.883. The van der Waals surface area contributed by atoms with Crippen molar-refractivity contribution >= 4 is 5.97 Å². The number of fused-ring (bicyclic) bond motifs is 1. The molecule has 0 spiro atoms. The van der Waals surface area contributed by atoms with Crippen molar-refractivity contribution in [1.29, 1.82) is 0 Å². The molecule has 1 N–H and O–H groups in total. The van der Waals surface area contributed by atoms with Gasteiger partial charge in [0.1, 0.15) is 18.2 Å². The molecule has 0 amide bonds. The van der Waals surface area contributed by atoms with Crippen LogP contribution in [0.25, 0.3) is 0 Å². The fraction of sp³-hybridized carbons (Fsp3) is 0.786. The summed E-state index contributed by atoms with van der Waals surface area (Å²) in [5.41, 5.74) is 0. The minimum atomic E-state index is -0.183. The predicted molar refractivity (Wildman–Crippen MR) is 76.5 cm³/mol. The van der Waals surface area contributed by atoms with Crippen LogP contribution in [0.5, 0.6) is 0 Å². The van der Waals surface area contributed by atoms with Crippen molar-refractivity contribution in [1.82, 2.24) is 25.0 Å². The summed E-state index contributed by atoms with van der Waals surface area (Å²) in [6, 6.07) is 0.320.